The van der Waals surface area contributed by atoms with Crippen LogP contribution in [0, 0.1) is 12.7 Å². The van der Waals surface area contributed by atoms with E-state index >= 15 is 0 Å². The molecule has 0 atom stereocenters. The maximum atomic E-state index is 13.6. The minimum Gasteiger partial charge on any atom is -0.423 e. The molecule has 1 heterocycles. The first kappa shape index (κ1) is 9.68. The number of benzene rings is 1. The molecule has 2 nitrogen and oxygen atoms in total. The Labute approximate surface area is 82.9 Å². The Morgan fingerprint density at radius 2 is 2.07 bits per heavy atom. The summed E-state index contributed by atoms with van der Waals surface area (Å²) in [5.41, 5.74) is 1.07. The normalized spacial score (nSPS) is 18.5. The second kappa shape index (κ2) is 2.81. The molecule has 0 spiro atoms. The molecule has 0 aliphatic carbocycles. The van der Waals surface area contributed by atoms with Gasteiger partial charge in [-0.1, -0.05) is 6.07 Å². The van der Waals surface area contributed by atoms with E-state index in [1.807, 2.05) is 0 Å². The topological polar surface area (TPSA) is 29.5 Å². The van der Waals surface area contributed by atoms with Crippen molar-refractivity contribution in [2.75, 3.05) is 0 Å². The van der Waals surface area contributed by atoms with Crippen LogP contribution in [0.2, 0.25) is 0 Å². The molecule has 0 radical (unpaired) electrons. The summed E-state index contributed by atoms with van der Waals surface area (Å²) in [4.78, 5) is 0. The fraction of sp³-hybridized carbons (Fsp3) is 0.400. The van der Waals surface area contributed by atoms with Crippen molar-refractivity contribution in [1.29, 1.82) is 0 Å². The average molecular weight is 194 g/mol. The van der Waals surface area contributed by atoms with E-state index in [1.54, 1.807) is 26.8 Å². The van der Waals surface area contributed by atoms with Gasteiger partial charge in [0.15, 0.2) is 0 Å². The Morgan fingerprint density at radius 3 is 2.71 bits per heavy atom. The summed E-state index contributed by atoms with van der Waals surface area (Å²) in [7, 11) is -1.01. The predicted molar refractivity (Wildman–Crippen MR) is 52.9 cm³/mol. The first-order valence-electron chi connectivity index (χ1n) is 4.58. The monoisotopic (exact) mass is 194 g/mol. The van der Waals surface area contributed by atoms with Crippen LogP contribution < -0.4 is 5.46 Å². The van der Waals surface area contributed by atoms with E-state index in [0.717, 1.165) is 5.56 Å². The summed E-state index contributed by atoms with van der Waals surface area (Å²) < 4.78 is 18.9. The fourth-order valence-corrected chi connectivity index (χ4v) is 2.00. The van der Waals surface area contributed by atoms with Crippen LogP contribution in [0.3, 0.4) is 0 Å². The Hall–Kier alpha value is -0.865. The van der Waals surface area contributed by atoms with Gasteiger partial charge >= 0.3 is 7.12 Å². The van der Waals surface area contributed by atoms with Crippen molar-refractivity contribution in [3.05, 3.63) is 29.1 Å². The molecule has 1 aromatic carbocycles. The number of aryl methyl sites for hydroxylation is 1. The maximum Gasteiger partial charge on any atom is 0.492 e. The van der Waals surface area contributed by atoms with Gasteiger partial charge in [-0.2, -0.15) is 0 Å². The van der Waals surface area contributed by atoms with Gasteiger partial charge in [0.05, 0.1) is 5.60 Å². The minimum absolute atomic E-state index is 0.304. The summed E-state index contributed by atoms with van der Waals surface area (Å²) in [5.74, 6) is -0.304. The van der Waals surface area contributed by atoms with E-state index in [2.05, 4.69) is 0 Å². The van der Waals surface area contributed by atoms with Crippen molar-refractivity contribution in [3.8, 4) is 0 Å². The number of fused-ring (bicyclic) bond motifs is 1. The third-order valence-corrected chi connectivity index (χ3v) is 2.54. The molecular formula is C10H12BFO2. The predicted octanol–water partition coefficient (Wildman–Crippen LogP) is 1.09. The molecular weight excluding hydrogens is 182 g/mol. The van der Waals surface area contributed by atoms with E-state index in [-0.39, 0.29) is 5.82 Å². The van der Waals surface area contributed by atoms with Crippen LogP contribution in [0.15, 0.2) is 12.1 Å². The minimum atomic E-state index is -1.01. The van der Waals surface area contributed by atoms with Crippen LogP contribution in [0.25, 0.3) is 0 Å². The first-order valence-corrected chi connectivity index (χ1v) is 4.58. The molecule has 0 fully saturated rings. The lowest BCUT2D eigenvalue weighted by atomic mass is 9.77. The summed E-state index contributed by atoms with van der Waals surface area (Å²) in [5, 5.41) is 9.58. The molecule has 0 amide bonds. The number of halogens is 1. The molecule has 1 aliphatic heterocycles. The first-order chi connectivity index (χ1) is 6.42. The Morgan fingerprint density at radius 1 is 1.43 bits per heavy atom. The zero-order valence-corrected chi connectivity index (χ0v) is 8.47. The summed E-state index contributed by atoms with van der Waals surface area (Å²) in [6.45, 7) is 5.29. The molecule has 4 heteroatoms. The van der Waals surface area contributed by atoms with Crippen molar-refractivity contribution >= 4 is 12.6 Å². The van der Waals surface area contributed by atoms with Gasteiger partial charge in [-0.25, -0.2) is 4.39 Å². The van der Waals surface area contributed by atoms with Gasteiger partial charge in [-0.05, 0) is 37.9 Å². The molecule has 1 aliphatic rings. The maximum absolute atomic E-state index is 13.6. The highest BCUT2D eigenvalue weighted by molar-refractivity contribution is 6.62. The number of hydrogen-bond acceptors (Lipinski definition) is 2. The van der Waals surface area contributed by atoms with Crippen molar-refractivity contribution in [2.24, 2.45) is 0 Å². The molecule has 0 unspecified atom stereocenters. The molecule has 0 saturated carbocycles. The second-order valence-corrected chi connectivity index (χ2v) is 4.19. The summed E-state index contributed by atoms with van der Waals surface area (Å²) in [6.07, 6.45) is 0. The van der Waals surface area contributed by atoms with Crippen LogP contribution in [0.5, 0.6) is 0 Å². The SMILES string of the molecule is Cc1cc(F)c2c(c1)B(O)OC2(C)C. The van der Waals surface area contributed by atoms with Gasteiger partial charge in [0.25, 0.3) is 0 Å². The molecule has 0 bridgehead atoms. The quantitative estimate of drug-likeness (QED) is 0.626. The lowest BCUT2D eigenvalue weighted by molar-refractivity contribution is 0.0974. The van der Waals surface area contributed by atoms with Crippen molar-refractivity contribution < 1.29 is 14.1 Å². The Bertz CT molecular complexity index is 390. The van der Waals surface area contributed by atoms with E-state index in [4.69, 9.17) is 4.65 Å². The zero-order chi connectivity index (χ0) is 10.5. The third kappa shape index (κ3) is 1.26. The molecule has 0 aromatic heterocycles. The zero-order valence-electron chi connectivity index (χ0n) is 8.47. The van der Waals surface area contributed by atoms with Gasteiger partial charge in [0.2, 0.25) is 0 Å². The molecule has 0 saturated heterocycles. The molecule has 1 aromatic rings. The van der Waals surface area contributed by atoms with Crippen LogP contribution >= 0.6 is 0 Å². The number of hydrogen-bond donors (Lipinski definition) is 1. The molecule has 2 rings (SSSR count). The van der Waals surface area contributed by atoms with E-state index in [0.29, 0.717) is 11.0 Å². The Balaban J connectivity index is 2.69. The highest BCUT2D eigenvalue weighted by atomic mass is 19.1. The van der Waals surface area contributed by atoms with Crippen molar-refractivity contribution in [1.82, 2.24) is 0 Å². The van der Waals surface area contributed by atoms with Crippen LogP contribution in [-0.4, -0.2) is 12.1 Å². The summed E-state index contributed by atoms with van der Waals surface area (Å²) >= 11 is 0. The molecule has 74 valence electrons. The van der Waals surface area contributed by atoms with Gasteiger partial charge in [0, 0.05) is 5.56 Å². The van der Waals surface area contributed by atoms with E-state index in [1.165, 1.54) is 6.07 Å². The van der Waals surface area contributed by atoms with E-state index < -0.39 is 12.7 Å². The number of rotatable bonds is 0. The second-order valence-electron chi connectivity index (χ2n) is 4.19. The van der Waals surface area contributed by atoms with Gasteiger partial charge in [0.1, 0.15) is 5.82 Å². The van der Waals surface area contributed by atoms with Crippen molar-refractivity contribution in [2.45, 2.75) is 26.4 Å². The van der Waals surface area contributed by atoms with Gasteiger partial charge in [-0.15, -0.1) is 0 Å². The van der Waals surface area contributed by atoms with Crippen LogP contribution in [0.4, 0.5) is 4.39 Å². The largest absolute Gasteiger partial charge is 0.492 e. The lowest BCUT2D eigenvalue weighted by Crippen LogP contribution is -2.29. The molecule has 14 heavy (non-hydrogen) atoms. The average Bonchev–Trinajstić information content (AvgIpc) is 2.21. The smallest absolute Gasteiger partial charge is 0.423 e. The van der Waals surface area contributed by atoms with Crippen LogP contribution in [0.1, 0.15) is 25.0 Å². The van der Waals surface area contributed by atoms with Crippen LogP contribution in [-0.2, 0) is 10.3 Å². The molecule has 1 N–H and O–H groups in total. The van der Waals surface area contributed by atoms with Crippen molar-refractivity contribution in [3.63, 3.8) is 0 Å². The highest BCUT2D eigenvalue weighted by Crippen LogP contribution is 2.31. The standard InChI is InChI=1S/C10H12BFO2/c1-6-4-7-9(8(12)5-6)10(2,3)14-11(7)13/h4-5,13H,1-3H3. The van der Waals surface area contributed by atoms with E-state index in [9.17, 15) is 9.41 Å². The Kier molecular flexibility index (Phi) is 1.94. The summed E-state index contributed by atoms with van der Waals surface area (Å²) in [6, 6.07) is 3.22. The highest BCUT2D eigenvalue weighted by Gasteiger charge is 2.42. The van der Waals surface area contributed by atoms with Gasteiger partial charge < -0.3 is 9.68 Å². The lowest BCUT2D eigenvalue weighted by Gasteiger charge is -2.20. The fourth-order valence-electron chi connectivity index (χ4n) is 2.00. The van der Waals surface area contributed by atoms with Gasteiger partial charge in [-0.3, -0.25) is 0 Å². The third-order valence-electron chi connectivity index (χ3n) is 2.54.